The van der Waals surface area contributed by atoms with Crippen LogP contribution in [0.25, 0.3) is 43.1 Å². The molecule has 0 saturated heterocycles. The van der Waals surface area contributed by atoms with Crippen LogP contribution in [-0.2, 0) is 45.5 Å². The molecule has 324 valence electrons. The lowest BCUT2D eigenvalue weighted by Crippen LogP contribution is -2.37. The largest absolute Gasteiger partial charge is 1.20 e. The molecule has 8 aliphatic rings. The van der Waals surface area contributed by atoms with Crippen LogP contribution in [0.3, 0.4) is 0 Å². The van der Waals surface area contributed by atoms with Gasteiger partial charge in [0.05, 0.1) is 66.8 Å². The van der Waals surface area contributed by atoms with Crippen molar-refractivity contribution >= 4 is 175 Å². The molecule has 68 heavy (non-hydrogen) atoms. The van der Waals surface area contributed by atoms with Gasteiger partial charge in [-0.1, -0.05) is 0 Å². The molecule has 6 aromatic rings. The summed E-state index contributed by atoms with van der Waals surface area (Å²) in [6.45, 7) is 0. The number of rotatable bonds is 0. The summed E-state index contributed by atoms with van der Waals surface area (Å²) in [6.07, 6.45) is 0. The summed E-state index contributed by atoms with van der Waals surface area (Å²) in [5.74, 6) is -12.2. The number of fused-ring (bicyclic) bond motifs is 14. The fourth-order valence-corrected chi connectivity index (χ4v) is 13.1. The summed E-state index contributed by atoms with van der Waals surface area (Å²) < 4.78 is 61.5. The lowest BCUT2D eigenvalue weighted by Gasteiger charge is -2.23. The third-order valence-electron chi connectivity index (χ3n) is 11.7. The van der Waals surface area contributed by atoms with E-state index in [1.54, 1.807) is 0 Å². The first-order chi connectivity index (χ1) is 32.6. The summed E-state index contributed by atoms with van der Waals surface area (Å²) in [5.41, 5.74) is -3.48. The van der Waals surface area contributed by atoms with Crippen molar-refractivity contribution in [3.63, 3.8) is 0 Å². The number of hydrogen-bond donors (Lipinski definition) is 0. The molecule has 0 N–H and O–H groups in total. The molecule has 14 rings (SSSR count). The Labute approximate surface area is 391 Å². The Morgan fingerprint density at radius 3 is 0.750 bits per heavy atom. The minimum absolute atomic E-state index is 0.00490. The fourth-order valence-electron chi connectivity index (χ4n) is 9.00. The summed E-state index contributed by atoms with van der Waals surface area (Å²) in [4.78, 5) is 155. The van der Waals surface area contributed by atoms with Crippen molar-refractivity contribution < 1.29 is 103 Å². The van der Waals surface area contributed by atoms with E-state index in [4.69, 9.17) is 45.5 Å². The van der Waals surface area contributed by atoms with E-state index in [1.165, 1.54) is 48.5 Å². The maximum atomic E-state index is 13.3. The van der Waals surface area contributed by atoms with Gasteiger partial charge in [0.1, 0.15) is 0 Å². The van der Waals surface area contributed by atoms with Crippen LogP contribution in [-0.4, -0.2) is 132 Å². The molecule has 0 unspecified atom stereocenters. The highest BCUT2D eigenvalue weighted by Gasteiger charge is 2.60. The van der Waals surface area contributed by atoms with Crippen LogP contribution in [0.1, 0.15) is 124 Å². The van der Waals surface area contributed by atoms with Gasteiger partial charge in [0, 0.05) is 0 Å². The Balaban J connectivity index is 0.000000134. The van der Waals surface area contributed by atoms with Crippen molar-refractivity contribution in [1.82, 2.24) is 0 Å². The van der Waals surface area contributed by atoms with E-state index in [1.807, 2.05) is 0 Å². The predicted octanol–water partition coefficient (Wildman–Crippen LogP) is 1.92. The maximum Gasteiger partial charge on any atom is 1.20 e. The highest BCUT2D eigenvalue weighted by molar-refractivity contribution is 6.53. The zero-order chi connectivity index (χ0) is 46.9. The third-order valence-corrected chi connectivity index (χ3v) is 16.6. The molecular weight excluding hydrogens is 972 g/mol. The minimum atomic E-state index is -3.74. The standard InChI is InChI=1S/2C20H10O12.4Al/c2*21-15(22)6-1-5-2-8-9(4-7(5)10(3-6)16(23)24)12(18(27)28)14(20(31)32)13(19(29)30)11(8)17(25)26;;;;/h2*1-4H,(H,21,22)(H,23,24)(H,25,26)(H,27,28)(H,29,30)(H,31,32);;;;/q;;4*+3/p-12. The Kier molecular flexibility index (Phi) is 8.23. The van der Waals surface area contributed by atoms with Gasteiger partial charge in [-0.3, -0.25) is 0 Å². The zero-order valence-electron chi connectivity index (χ0n) is 32.7. The first kappa shape index (κ1) is 40.4. The monoisotopic (exact) mass is 980 g/mol. The fraction of sp³-hybridized carbons (Fsp3) is 0. The van der Waals surface area contributed by atoms with Gasteiger partial charge in [0.15, 0.2) is 0 Å². The summed E-state index contributed by atoms with van der Waals surface area (Å²) in [6, 6.07) is 11.0. The first-order valence-electron chi connectivity index (χ1n) is 19.3. The molecule has 28 heteroatoms. The van der Waals surface area contributed by atoms with Crippen LogP contribution in [0.2, 0.25) is 0 Å². The van der Waals surface area contributed by atoms with Gasteiger partial charge in [-0.2, -0.15) is 0 Å². The van der Waals surface area contributed by atoms with Crippen molar-refractivity contribution in [3.05, 3.63) is 115 Å². The molecule has 0 aliphatic carbocycles. The molecule has 0 atom stereocenters. The molecule has 0 saturated carbocycles. The van der Waals surface area contributed by atoms with Crippen molar-refractivity contribution in [2.24, 2.45) is 0 Å². The average Bonchev–Trinajstić information content (AvgIpc) is 3.60. The quantitative estimate of drug-likeness (QED) is 0.155. The van der Waals surface area contributed by atoms with Gasteiger partial charge < -0.3 is 45.5 Å². The van der Waals surface area contributed by atoms with E-state index in [0.717, 1.165) is 0 Å². The van der Waals surface area contributed by atoms with E-state index in [2.05, 4.69) is 0 Å². The van der Waals surface area contributed by atoms with Gasteiger partial charge in [-0.25, -0.2) is 57.5 Å². The summed E-state index contributed by atoms with van der Waals surface area (Å²) >= 11 is -14.5. The Hall–Kier alpha value is -7.87. The molecule has 6 aromatic carbocycles. The van der Waals surface area contributed by atoms with E-state index in [0.29, 0.717) is 10.8 Å². The maximum absolute atomic E-state index is 13.3. The zero-order valence-corrected chi connectivity index (χ0v) is 37.3. The summed E-state index contributed by atoms with van der Waals surface area (Å²) in [7, 11) is 0. The van der Waals surface area contributed by atoms with Crippen LogP contribution in [0.4, 0.5) is 0 Å². The lowest BCUT2D eigenvalue weighted by atomic mass is 9.86. The molecule has 0 aromatic heterocycles. The molecule has 0 radical (unpaired) electrons. The first-order valence-corrected chi connectivity index (χ1v) is 25.0. The van der Waals surface area contributed by atoms with Crippen LogP contribution < -0.4 is 0 Å². The smallest absolute Gasteiger partial charge is 0.547 e. The van der Waals surface area contributed by atoms with Crippen molar-refractivity contribution in [1.29, 1.82) is 0 Å². The van der Waals surface area contributed by atoms with E-state index < -0.39 is 166 Å². The number of carbonyl (C=O) groups excluding carboxylic acids is 12. The molecule has 14 bridgehead atoms. The Morgan fingerprint density at radius 2 is 0.456 bits per heavy atom. The molecule has 0 spiro atoms. The number of hydrogen-bond acceptors (Lipinski definition) is 24. The van der Waals surface area contributed by atoms with Crippen molar-refractivity contribution in [2.75, 3.05) is 0 Å². The van der Waals surface area contributed by atoms with E-state index >= 15 is 0 Å². The van der Waals surface area contributed by atoms with Gasteiger partial charge in [0.2, 0.25) is 0 Å². The van der Waals surface area contributed by atoms with Gasteiger partial charge in [-0.15, -0.1) is 0 Å². The second-order valence-electron chi connectivity index (χ2n) is 15.3. The molecule has 24 nitrogen and oxygen atoms in total. The van der Waals surface area contributed by atoms with E-state index in [9.17, 15) is 57.5 Å². The second kappa shape index (κ2) is 13.8. The molecule has 0 fully saturated rings. The lowest BCUT2D eigenvalue weighted by molar-refractivity contribution is 0.0369. The molecule has 8 heterocycles. The number of benzene rings is 6. The summed E-state index contributed by atoms with van der Waals surface area (Å²) in [5, 5.41) is 1.34. The Bertz CT molecular complexity index is 3520. The molecule has 8 aliphatic heterocycles. The van der Waals surface area contributed by atoms with Crippen LogP contribution in [0.5, 0.6) is 0 Å². The third kappa shape index (κ3) is 5.60. The van der Waals surface area contributed by atoms with Crippen LogP contribution in [0, 0.1) is 0 Å². The van der Waals surface area contributed by atoms with Crippen LogP contribution >= 0.6 is 0 Å². The highest BCUT2D eigenvalue weighted by atomic mass is 27.3. The minimum Gasteiger partial charge on any atom is -0.547 e. The number of carbonyl (C=O) groups is 12. The Morgan fingerprint density at radius 1 is 0.221 bits per heavy atom. The average molecular weight is 980 g/mol. The van der Waals surface area contributed by atoms with Crippen molar-refractivity contribution in [3.8, 4) is 0 Å². The SMILES string of the molecule is O=C1[O][Al]2[O]C(=O)c3cc1cc1cc4c5c6c(c(c4cc31)C(=O)[O]2)C(=O)[O][Al]([O]C6=O)[O]C5=O.O=C1[O][Al]2[O]C(=O)c3cc1cc1cc4c5c6c(c(c4cc31)C(=O)[O]2)C(=O)[O][Al]([O]C6=O)[O]C5=O. The van der Waals surface area contributed by atoms with Gasteiger partial charge in [0.25, 0.3) is 0 Å². The second-order valence-corrected chi connectivity index (χ2v) is 20.4. The van der Waals surface area contributed by atoms with Crippen molar-refractivity contribution in [2.45, 2.75) is 0 Å². The van der Waals surface area contributed by atoms with Gasteiger partial charge in [-0.05, 0) is 91.6 Å². The van der Waals surface area contributed by atoms with E-state index in [-0.39, 0.29) is 65.7 Å². The highest BCUT2D eigenvalue weighted by Crippen LogP contribution is 2.43. The molecular formula is C40H8Al4O24. The predicted molar refractivity (Wildman–Crippen MR) is 211 cm³/mol. The normalized spacial score (nSPS) is 17.9. The topological polar surface area (TPSA) is 316 Å². The van der Waals surface area contributed by atoms with Gasteiger partial charge >= 0.3 is 132 Å². The van der Waals surface area contributed by atoms with Crippen LogP contribution in [0.15, 0.2) is 48.5 Å². The molecule has 0 amide bonds.